The second-order valence-electron chi connectivity index (χ2n) is 5.83. The average molecular weight is 370 g/mol. The number of nitrogens with two attached hydrogens (primary N) is 1. The molecule has 0 aliphatic heterocycles. The van der Waals surface area contributed by atoms with Crippen LogP contribution in [-0.4, -0.2) is 39.2 Å². The van der Waals surface area contributed by atoms with Crippen molar-refractivity contribution in [2.24, 2.45) is 10.7 Å². The highest BCUT2D eigenvalue weighted by atomic mass is 16.5. The van der Waals surface area contributed by atoms with Crippen molar-refractivity contribution in [3.8, 4) is 5.75 Å². The highest BCUT2D eigenvalue weighted by Crippen LogP contribution is 2.17. The zero-order valence-electron chi connectivity index (χ0n) is 15.7. The Labute approximate surface area is 159 Å². The Morgan fingerprint density at radius 2 is 1.93 bits per heavy atom. The molecule has 2 rings (SSSR count). The van der Waals surface area contributed by atoms with Crippen molar-refractivity contribution < 1.29 is 14.3 Å². The minimum Gasteiger partial charge on any atom is -0.493 e. The van der Waals surface area contributed by atoms with Gasteiger partial charge in [0, 0.05) is 51.0 Å². The number of rotatable bonds is 9. The number of guanidine groups is 1. The van der Waals surface area contributed by atoms with E-state index in [1.165, 1.54) is 0 Å². The van der Waals surface area contributed by atoms with Crippen LogP contribution in [0, 0.1) is 0 Å². The van der Waals surface area contributed by atoms with E-state index in [-0.39, 0.29) is 0 Å². The van der Waals surface area contributed by atoms with Crippen molar-refractivity contribution >= 4 is 17.6 Å². The summed E-state index contributed by atoms with van der Waals surface area (Å²) in [6.07, 6.45) is 0.839. The molecule has 0 bridgehead atoms. The maximum atomic E-state index is 11.1. The monoisotopic (exact) mass is 370 g/mol. The van der Waals surface area contributed by atoms with Crippen molar-refractivity contribution in [3.63, 3.8) is 0 Å². The fourth-order valence-electron chi connectivity index (χ4n) is 2.35. The summed E-state index contributed by atoms with van der Waals surface area (Å²) in [4.78, 5) is 15.3. The van der Waals surface area contributed by atoms with Crippen molar-refractivity contribution in [1.82, 2.24) is 5.32 Å². The summed E-state index contributed by atoms with van der Waals surface area (Å²) < 4.78 is 10.7. The highest BCUT2D eigenvalue weighted by Gasteiger charge is 2.03. The summed E-state index contributed by atoms with van der Waals surface area (Å²) in [6.45, 7) is 1.84. The fourth-order valence-corrected chi connectivity index (χ4v) is 2.35. The Balaban J connectivity index is 1.88. The van der Waals surface area contributed by atoms with E-state index in [2.05, 4.69) is 15.6 Å². The number of ether oxygens (including phenoxy) is 2. The Morgan fingerprint density at radius 1 is 1.15 bits per heavy atom. The standard InChI is InChI=1S/C20H26N4O3/c1-22-20(23-14-15-7-9-16(10-8-15)19(21)25)24-17-5-3-6-18(13-17)27-12-4-11-26-2/h3,5-10,13H,4,11-12,14H2,1-2H3,(H2,21,25)(H2,22,23,24). The van der Waals surface area contributed by atoms with E-state index in [1.54, 1.807) is 26.3 Å². The molecule has 0 saturated heterocycles. The van der Waals surface area contributed by atoms with Gasteiger partial charge in [0.15, 0.2) is 5.96 Å². The lowest BCUT2D eigenvalue weighted by atomic mass is 10.1. The fraction of sp³-hybridized carbons (Fsp3) is 0.300. The summed E-state index contributed by atoms with van der Waals surface area (Å²) in [5, 5.41) is 6.46. The lowest BCUT2D eigenvalue weighted by Gasteiger charge is -2.13. The van der Waals surface area contributed by atoms with Crippen LogP contribution in [0.25, 0.3) is 0 Å². The van der Waals surface area contributed by atoms with Crippen LogP contribution in [0.4, 0.5) is 5.69 Å². The topological polar surface area (TPSA) is 98.0 Å². The molecule has 0 fully saturated rings. The van der Waals surface area contributed by atoms with E-state index in [0.717, 1.165) is 23.4 Å². The first-order chi connectivity index (χ1) is 13.1. The van der Waals surface area contributed by atoms with E-state index in [1.807, 2.05) is 36.4 Å². The first-order valence-electron chi connectivity index (χ1n) is 8.70. The SMILES string of the molecule is CN=C(NCc1ccc(C(N)=O)cc1)Nc1cccc(OCCCOC)c1. The van der Waals surface area contributed by atoms with Crippen LogP contribution < -0.4 is 21.1 Å². The zero-order valence-corrected chi connectivity index (χ0v) is 15.7. The third kappa shape index (κ3) is 6.99. The number of hydrogen-bond acceptors (Lipinski definition) is 4. The largest absolute Gasteiger partial charge is 0.493 e. The van der Waals surface area contributed by atoms with Gasteiger partial charge in [-0.05, 0) is 29.8 Å². The molecule has 27 heavy (non-hydrogen) atoms. The first kappa shape index (κ1) is 20.3. The van der Waals surface area contributed by atoms with Crippen molar-refractivity contribution in [1.29, 1.82) is 0 Å². The number of carbonyl (C=O) groups excluding carboxylic acids is 1. The molecule has 0 spiro atoms. The number of amides is 1. The molecule has 7 heteroatoms. The molecular formula is C20H26N4O3. The third-order valence-electron chi connectivity index (χ3n) is 3.78. The number of nitrogens with one attached hydrogen (secondary N) is 2. The van der Waals surface area contributed by atoms with Gasteiger partial charge in [-0.25, -0.2) is 0 Å². The molecule has 0 heterocycles. The summed E-state index contributed by atoms with van der Waals surface area (Å²) in [5.41, 5.74) is 7.62. The van der Waals surface area contributed by atoms with Crippen molar-refractivity contribution in [3.05, 3.63) is 59.7 Å². The number of methoxy groups -OCH3 is 1. The average Bonchev–Trinajstić information content (AvgIpc) is 2.69. The summed E-state index contributed by atoms with van der Waals surface area (Å²) >= 11 is 0. The van der Waals surface area contributed by atoms with Crippen LogP contribution in [0.15, 0.2) is 53.5 Å². The molecule has 1 amide bonds. The van der Waals surface area contributed by atoms with E-state index in [0.29, 0.717) is 31.3 Å². The van der Waals surface area contributed by atoms with Gasteiger partial charge in [0.2, 0.25) is 5.91 Å². The predicted molar refractivity (Wildman–Crippen MR) is 107 cm³/mol. The van der Waals surface area contributed by atoms with Crippen LogP contribution in [0.2, 0.25) is 0 Å². The molecule has 144 valence electrons. The molecule has 2 aromatic carbocycles. The molecule has 0 atom stereocenters. The maximum Gasteiger partial charge on any atom is 0.248 e. The minimum absolute atomic E-state index is 0.434. The highest BCUT2D eigenvalue weighted by molar-refractivity contribution is 5.94. The molecule has 0 aliphatic rings. The zero-order chi connectivity index (χ0) is 19.5. The summed E-state index contributed by atoms with van der Waals surface area (Å²) in [6, 6.07) is 14.8. The van der Waals surface area contributed by atoms with E-state index in [9.17, 15) is 4.79 Å². The molecule has 4 N–H and O–H groups in total. The van der Waals surface area contributed by atoms with E-state index < -0.39 is 5.91 Å². The number of anilines is 1. The maximum absolute atomic E-state index is 11.1. The van der Waals surface area contributed by atoms with Crippen molar-refractivity contribution in [2.75, 3.05) is 32.7 Å². The molecule has 7 nitrogen and oxygen atoms in total. The number of nitrogens with zero attached hydrogens (tertiary/aromatic N) is 1. The normalized spacial score (nSPS) is 11.1. The third-order valence-corrected chi connectivity index (χ3v) is 3.78. The van der Waals surface area contributed by atoms with Gasteiger partial charge in [-0.1, -0.05) is 18.2 Å². The molecule has 2 aromatic rings. The lowest BCUT2D eigenvalue weighted by Crippen LogP contribution is -2.30. The number of carbonyl (C=O) groups is 1. The van der Waals surface area contributed by atoms with Gasteiger partial charge in [0.1, 0.15) is 5.75 Å². The van der Waals surface area contributed by atoms with E-state index in [4.69, 9.17) is 15.2 Å². The van der Waals surface area contributed by atoms with Crippen molar-refractivity contribution in [2.45, 2.75) is 13.0 Å². The Morgan fingerprint density at radius 3 is 2.59 bits per heavy atom. The molecule has 0 aliphatic carbocycles. The van der Waals surface area contributed by atoms with Crippen LogP contribution in [-0.2, 0) is 11.3 Å². The molecule has 0 unspecified atom stereocenters. The van der Waals surface area contributed by atoms with Gasteiger partial charge < -0.3 is 25.8 Å². The second-order valence-corrected chi connectivity index (χ2v) is 5.83. The van der Waals surface area contributed by atoms with Crippen LogP contribution in [0.5, 0.6) is 5.75 Å². The smallest absolute Gasteiger partial charge is 0.248 e. The molecular weight excluding hydrogens is 344 g/mol. The molecule has 0 radical (unpaired) electrons. The number of aliphatic imine (C=N–C) groups is 1. The number of hydrogen-bond donors (Lipinski definition) is 3. The minimum atomic E-state index is -0.434. The van der Waals surface area contributed by atoms with Gasteiger partial charge in [-0.3, -0.25) is 9.79 Å². The second kappa shape index (κ2) is 10.8. The van der Waals surface area contributed by atoms with Gasteiger partial charge in [-0.15, -0.1) is 0 Å². The summed E-state index contributed by atoms with van der Waals surface area (Å²) in [7, 11) is 3.38. The quantitative estimate of drug-likeness (QED) is 0.358. The van der Waals surface area contributed by atoms with Crippen LogP contribution >= 0.6 is 0 Å². The first-order valence-corrected chi connectivity index (χ1v) is 8.70. The predicted octanol–water partition coefficient (Wildman–Crippen LogP) is 2.39. The number of benzene rings is 2. The van der Waals surface area contributed by atoms with Gasteiger partial charge in [-0.2, -0.15) is 0 Å². The van der Waals surface area contributed by atoms with Gasteiger partial charge in [0.05, 0.1) is 6.61 Å². The Hall–Kier alpha value is -3.06. The Bertz CT molecular complexity index is 760. The van der Waals surface area contributed by atoms with Gasteiger partial charge >= 0.3 is 0 Å². The number of primary amides is 1. The summed E-state index contributed by atoms with van der Waals surface area (Å²) in [5.74, 6) is 0.982. The van der Waals surface area contributed by atoms with Crippen LogP contribution in [0.1, 0.15) is 22.3 Å². The Kier molecular flexibility index (Phi) is 8.12. The molecule has 0 saturated carbocycles. The lowest BCUT2D eigenvalue weighted by molar-refractivity contribution is 0.100. The molecule has 0 aromatic heterocycles. The van der Waals surface area contributed by atoms with Gasteiger partial charge in [0.25, 0.3) is 0 Å². The van der Waals surface area contributed by atoms with Crippen LogP contribution in [0.3, 0.4) is 0 Å². The van der Waals surface area contributed by atoms with E-state index >= 15 is 0 Å².